The molecule has 1 fully saturated rings. The minimum atomic E-state index is -2.59. The van der Waals surface area contributed by atoms with E-state index in [1.807, 2.05) is 12.1 Å². The fraction of sp³-hybridized carbons (Fsp3) is 0.286. The summed E-state index contributed by atoms with van der Waals surface area (Å²) in [6.07, 6.45) is -0.583. The molecule has 0 atom stereocenters. The molecule has 156 valence electrons. The number of aromatic nitrogens is 4. The van der Waals surface area contributed by atoms with Crippen molar-refractivity contribution in [1.29, 1.82) is 0 Å². The van der Waals surface area contributed by atoms with E-state index < -0.39 is 12.1 Å². The molecule has 9 heteroatoms. The first kappa shape index (κ1) is 20.0. The molecule has 3 aromatic rings. The highest BCUT2D eigenvalue weighted by atomic mass is 19.3. The average Bonchev–Trinajstić information content (AvgIpc) is 3.54. The molecule has 0 amide bonds. The van der Waals surface area contributed by atoms with Crippen LogP contribution < -0.4 is 11.6 Å². The molecule has 30 heavy (non-hydrogen) atoms. The molecule has 0 spiro atoms. The number of hydrogen-bond acceptors (Lipinski definition) is 5. The molecule has 1 aromatic heterocycles. The SMILES string of the molecule is C/C(=C(\ON)c1c(C2CC2)cccc1-n1nnn(C)c1=O)c1cccc(C(F)F)c1. The Bertz CT molecular complexity index is 1180. The van der Waals surface area contributed by atoms with Crippen LogP contribution in [0.1, 0.15) is 54.4 Å². The van der Waals surface area contributed by atoms with Gasteiger partial charge >= 0.3 is 5.69 Å². The van der Waals surface area contributed by atoms with E-state index >= 15 is 0 Å². The molecule has 1 heterocycles. The van der Waals surface area contributed by atoms with Crippen LogP contribution in [0.5, 0.6) is 0 Å². The third-order valence-corrected chi connectivity index (χ3v) is 5.30. The first-order valence-corrected chi connectivity index (χ1v) is 9.51. The predicted octanol–water partition coefficient (Wildman–Crippen LogP) is 3.56. The summed E-state index contributed by atoms with van der Waals surface area (Å²) in [5.74, 6) is 6.29. The summed E-state index contributed by atoms with van der Waals surface area (Å²) < 4.78 is 28.7. The largest absolute Gasteiger partial charge is 0.410 e. The second-order valence-corrected chi connectivity index (χ2v) is 7.31. The van der Waals surface area contributed by atoms with Crippen molar-refractivity contribution in [3.63, 3.8) is 0 Å². The van der Waals surface area contributed by atoms with Crippen molar-refractivity contribution in [1.82, 2.24) is 19.8 Å². The van der Waals surface area contributed by atoms with Gasteiger partial charge in [0.2, 0.25) is 0 Å². The zero-order valence-electron chi connectivity index (χ0n) is 16.5. The Hall–Kier alpha value is -3.33. The summed E-state index contributed by atoms with van der Waals surface area (Å²) in [4.78, 5) is 17.8. The Morgan fingerprint density at radius 2 is 1.93 bits per heavy atom. The summed E-state index contributed by atoms with van der Waals surface area (Å²) >= 11 is 0. The van der Waals surface area contributed by atoms with Crippen LogP contribution in [0.3, 0.4) is 0 Å². The lowest BCUT2D eigenvalue weighted by Crippen LogP contribution is -2.23. The molecule has 0 aliphatic heterocycles. The van der Waals surface area contributed by atoms with Crippen molar-refractivity contribution in [3.8, 4) is 5.69 Å². The van der Waals surface area contributed by atoms with Gasteiger partial charge in [-0.3, -0.25) is 0 Å². The number of rotatable bonds is 6. The van der Waals surface area contributed by atoms with Gasteiger partial charge in [0.15, 0.2) is 5.76 Å². The minimum Gasteiger partial charge on any atom is -0.410 e. The van der Waals surface area contributed by atoms with Crippen molar-refractivity contribution < 1.29 is 13.6 Å². The summed E-state index contributed by atoms with van der Waals surface area (Å²) in [5, 5.41) is 7.74. The van der Waals surface area contributed by atoms with E-state index in [2.05, 4.69) is 10.4 Å². The maximum atomic E-state index is 13.2. The fourth-order valence-electron chi connectivity index (χ4n) is 3.55. The molecule has 0 saturated heterocycles. The minimum absolute atomic E-state index is 0.0935. The van der Waals surface area contributed by atoms with Gasteiger partial charge in [-0.05, 0) is 59.4 Å². The number of allylic oxidation sites excluding steroid dienone is 1. The maximum Gasteiger partial charge on any atom is 0.368 e. The van der Waals surface area contributed by atoms with Gasteiger partial charge in [-0.2, -0.15) is 15.3 Å². The predicted molar refractivity (Wildman–Crippen MR) is 108 cm³/mol. The van der Waals surface area contributed by atoms with Gasteiger partial charge in [-0.1, -0.05) is 30.3 Å². The normalized spacial score (nSPS) is 14.7. The number of nitrogens with two attached hydrogens (primary N) is 1. The highest BCUT2D eigenvalue weighted by molar-refractivity contribution is 5.90. The number of hydrogen-bond donors (Lipinski definition) is 1. The van der Waals surface area contributed by atoms with E-state index in [1.54, 1.807) is 25.1 Å². The van der Waals surface area contributed by atoms with Gasteiger partial charge in [0.1, 0.15) is 0 Å². The van der Waals surface area contributed by atoms with Gasteiger partial charge in [0.25, 0.3) is 6.43 Å². The molecular formula is C21H21F2N5O2. The Morgan fingerprint density at radius 3 is 2.53 bits per heavy atom. The van der Waals surface area contributed by atoms with Gasteiger partial charge in [0.05, 0.1) is 5.69 Å². The third-order valence-electron chi connectivity index (χ3n) is 5.30. The summed E-state index contributed by atoms with van der Waals surface area (Å²) in [6, 6.07) is 11.6. The van der Waals surface area contributed by atoms with Crippen LogP contribution in [0.15, 0.2) is 47.3 Å². The number of benzene rings is 2. The molecule has 4 rings (SSSR count). The maximum absolute atomic E-state index is 13.2. The van der Waals surface area contributed by atoms with Crippen LogP contribution in [0, 0.1) is 0 Å². The van der Waals surface area contributed by atoms with Crippen LogP contribution in [0.25, 0.3) is 17.0 Å². The second kappa shape index (κ2) is 7.83. The number of alkyl halides is 2. The Kier molecular flexibility index (Phi) is 5.21. The number of nitrogens with zero attached hydrogens (tertiary/aromatic N) is 4. The Morgan fingerprint density at radius 1 is 1.20 bits per heavy atom. The lowest BCUT2D eigenvalue weighted by Gasteiger charge is -2.18. The molecule has 0 radical (unpaired) electrons. The van der Waals surface area contributed by atoms with E-state index in [1.165, 1.54) is 23.9 Å². The fourth-order valence-corrected chi connectivity index (χ4v) is 3.55. The molecule has 7 nitrogen and oxygen atoms in total. The van der Waals surface area contributed by atoms with Crippen LogP contribution in [0.2, 0.25) is 0 Å². The van der Waals surface area contributed by atoms with E-state index in [9.17, 15) is 13.6 Å². The average molecular weight is 413 g/mol. The Labute approximate surface area is 171 Å². The first-order valence-electron chi connectivity index (χ1n) is 9.51. The lowest BCUT2D eigenvalue weighted by atomic mass is 9.94. The smallest absolute Gasteiger partial charge is 0.368 e. The highest BCUT2D eigenvalue weighted by Crippen LogP contribution is 2.45. The quantitative estimate of drug-likeness (QED) is 0.379. The zero-order valence-corrected chi connectivity index (χ0v) is 16.5. The van der Waals surface area contributed by atoms with Crippen molar-refractivity contribution in [3.05, 3.63) is 75.2 Å². The second-order valence-electron chi connectivity index (χ2n) is 7.31. The molecule has 2 N–H and O–H groups in total. The Balaban J connectivity index is 1.97. The summed E-state index contributed by atoms with van der Waals surface area (Å²) in [5.41, 5.74) is 2.67. The van der Waals surface area contributed by atoms with E-state index in [0.29, 0.717) is 34.1 Å². The van der Waals surface area contributed by atoms with E-state index in [4.69, 9.17) is 10.7 Å². The lowest BCUT2D eigenvalue weighted by molar-refractivity contribution is 0.151. The molecule has 1 aliphatic rings. The molecule has 0 unspecified atom stereocenters. The standard InChI is InChI=1S/C21H21F2N5O2/c1-12(14-5-3-6-15(11-14)20(22)23)19(30-24)18-16(13-9-10-13)7-4-8-17(18)28-21(29)27(2)25-26-28/h3-8,11,13,20H,9-10,24H2,1-2H3/b19-12+. The van der Waals surface area contributed by atoms with Crippen LogP contribution in [-0.2, 0) is 11.9 Å². The number of tetrazole rings is 1. The van der Waals surface area contributed by atoms with E-state index in [-0.39, 0.29) is 5.56 Å². The summed E-state index contributed by atoms with van der Waals surface area (Å²) in [6.45, 7) is 1.75. The van der Waals surface area contributed by atoms with E-state index in [0.717, 1.165) is 23.1 Å². The molecule has 1 aliphatic carbocycles. The molecule has 2 aromatic carbocycles. The number of halogens is 2. The van der Waals surface area contributed by atoms with Crippen molar-refractivity contribution >= 4 is 11.3 Å². The van der Waals surface area contributed by atoms with Crippen LogP contribution in [-0.4, -0.2) is 19.8 Å². The van der Waals surface area contributed by atoms with Crippen LogP contribution >= 0.6 is 0 Å². The third kappa shape index (κ3) is 3.52. The molecule has 1 saturated carbocycles. The first-order chi connectivity index (χ1) is 14.4. The molecule has 0 bridgehead atoms. The van der Waals surface area contributed by atoms with Gasteiger partial charge in [-0.25, -0.2) is 13.6 Å². The van der Waals surface area contributed by atoms with Crippen molar-refractivity contribution in [2.24, 2.45) is 12.9 Å². The van der Waals surface area contributed by atoms with Gasteiger partial charge in [-0.15, -0.1) is 0 Å². The van der Waals surface area contributed by atoms with Gasteiger partial charge < -0.3 is 4.84 Å². The topological polar surface area (TPSA) is 88.0 Å². The van der Waals surface area contributed by atoms with Crippen molar-refractivity contribution in [2.45, 2.75) is 32.1 Å². The van der Waals surface area contributed by atoms with Crippen molar-refractivity contribution in [2.75, 3.05) is 0 Å². The summed E-state index contributed by atoms with van der Waals surface area (Å²) in [7, 11) is 1.51. The number of aryl methyl sites for hydroxylation is 1. The molecular weight excluding hydrogens is 392 g/mol. The monoisotopic (exact) mass is 413 g/mol. The van der Waals surface area contributed by atoms with Crippen LogP contribution in [0.4, 0.5) is 8.78 Å². The zero-order chi connectivity index (χ0) is 21.4. The highest BCUT2D eigenvalue weighted by Gasteiger charge is 2.31. The van der Waals surface area contributed by atoms with Gasteiger partial charge in [0, 0.05) is 23.7 Å².